The molecular formula is C11H14N2O2. The van der Waals surface area contributed by atoms with Crippen LogP contribution in [0.15, 0.2) is 12.4 Å². The average molecular weight is 206 g/mol. The van der Waals surface area contributed by atoms with Crippen molar-refractivity contribution in [2.75, 3.05) is 0 Å². The zero-order valence-electron chi connectivity index (χ0n) is 8.90. The van der Waals surface area contributed by atoms with E-state index in [2.05, 4.69) is 9.97 Å². The molecule has 1 aliphatic rings. The zero-order valence-corrected chi connectivity index (χ0v) is 8.90. The first-order chi connectivity index (χ1) is 7.01. The van der Waals surface area contributed by atoms with Crippen molar-refractivity contribution in [2.24, 2.45) is 0 Å². The molecule has 0 atom stereocenters. The fourth-order valence-electron chi connectivity index (χ4n) is 1.38. The summed E-state index contributed by atoms with van der Waals surface area (Å²) in [5.41, 5.74) is 0.113. The Morgan fingerprint density at radius 1 is 1.40 bits per heavy atom. The van der Waals surface area contributed by atoms with Crippen molar-refractivity contribution in [3.63, 3.8) is 0 Å². The second-order valence-corrected chi connectivity index (χ2v) is 4.54. The van der Waals surface area contributed by atoms with Gasteiger partial charge in [0.25, 0.3) is 0 Å². The van der Waals surface area contributed by atoms with E-state index in [-0.39, 0.29) is 0 Å². The molecule has 1 aromatic heterocycles. The van der Waals surface area contributed by atoms with E-state index in [1.54, 1.807) is 26.2 Å². The molecule has 4 nitrogen and oxygen atoms in total. The van der Waals surface area contributed by atoms with Crippen LogP contribution < -0.4 is 0 Å². The Balaban J connectivity index is 2.26. The number of rotatable bonds is 3. The predicted octanol–water partition coefficient (Wildman–Crippen LogP) is 1.72. The first-order valence-corrected chi connectivity index (χ1v) is 5.07. The molecule has 15 heavy (non-hydrogen) atoms. The fraction of sp³-hybridized carbons (Fsp3) is 0.545. The average Bonchev–Trinajstić information content (AvgIpc) is 3.01. The molecular weight excluding hydrogens is 192 g/mol. The van der Waals surface area contributed by atoms with Gasteiger partial charge in [-0.25, -0.2) is 9.97 Å². The second-order valence-electron chi connectivity index (χ2n) is 4.54. The van der Waals surface area contributed by atoms with E-state index in [0.717, 1.165) is 5.56 Å². The SMILES string of the molecule is CC(C)(C(=O)O)c1ncc(C2CC2)cn1. The Labute approximate surface area is 88.4 Å². The van der Waals surface area contributed by atoms with Crippen LogP contribution in [0.25, 0.3) is 0 Å². The number of carboxylic acid groups (broad SMARTS) is 1. The van der Waals surface area contributed by atoms with Crippen molar-refractivity contribution in [3.05, 3.63) is 23.8 Å². The van der Waals surface area contributed by atoms with Crippen LogP contribution in [0.1, 0.15) is 44.0 Å². The molecule has 0 radical (unpaired) electrons. The van der Waals surface area contributed by atoms with Crippen LogP contribution in [0.2, 0.25) is 0 Å². The van der Waals surface area contributed by atoms with Gasteiger partial charge in [-0.2, -0.15) is 0 Å². The van der Waals surface area contributed by atoms with Crippen LogP contribution >= 0.6 is 0 Å². The monoisotopic (exact) mass is 206 g/mol. The van der Waals surface area contributed by atoms with Gasteiger partial charge in [-0.3, -0.25) is 4.79 Å². The van der Waals surface area contributed by atoms with E-state index in [1.807, 2.05) is 0 Å². The molecule has 2 rings (SSSR count). The summed E-state index contributed by atoms with van der Waals surface area (Å²) >= 11 is 0. The van der Waals surface area contributed by atoms with E-state index < -0.39 is 11.4 Å². The Morgan fingerprint density at radius 3 is 2.33 bits per heavy atom. The Morgan fingerprint density at radius 2 is 1.93 bits per heavy atom. The quantitative estimate of drug-likeness (QED) is 0.817. The molecule has 1 saturated carbocycles. The smallest absolute Gasteiger partial charge is 0.316 e. The molecule has 1 heterocycles. The van der Waals surface area contributed by atoms with E-state index in [0.29, 0.717) is 11.7 Å². The van der Waals surface area contributed by atoms with Crippen LogP contribution in [0.5, 0.6) is 0 Å². The lowest BCUT2D eigenvalue weighted by Gasteiger charge is -2.16. The Hall–Kier alpha value is -1.45. The summed E-state index contributed by atoms with van der Waals surface area (Å²) in [6, 6.07) is 0. The van der Waals surface area contributed by atoms with Crippen LogP contribution in [0.4, 0.5) is 0 Å². The van der Waals surface area contributed by atoms with Crippen LogP contribution in [-0.2, 0) is 10.2 Å². The topological polar surface area (TPSA) is 63.1 Å². The van der Waals surface area contributed by atoms with Gasteiger partial charge >= 0.3 is 5.97 Å². The highest BCUT2D eigenvalue weighted by atomic mass is 16.4. The van der Waals surface area contributed by atoms with Crippen LogP contribution in [-0.4, -0.2) is 21.0 Å². The number of hydrogen-bond donors (Lipinski definition) is 1. The van der Waals surface area contributed by atoms with Gasteiger partial charge in [-0.15, -0.1) is 0 Å². The van der Waals surface area contributed by atoms with Crippen molar-refractivity contribution in [2.45, 2.75) is 38.0 Å². The molecule has 1 N–H and O–H groups in total. The van der Waals surface area contributed by atoms with Gasteiger partial charge in [-0.1, -0.05) is 0 Å². The number of hydrogen-bond acceptors (Lipinski definition) is 3. The van der Waals surface area contributed by atoms with Gasteiger partial charge in [0.05, 0.1) is 0 Å². The summed E-state index contributed by atoms with van der Waals surface area (Å²) in [5, 5.41) is 9.01. The fourth-order valence-corrected chi connectivity index (χ4v) is 1.38. The summed E-state index contributed by atoms with van der Waals surface area (Å²) in [6.07, 6.45) is 5.91. The normalized spacial score (nSPS) is 16.4. The predicted molar refractivity (Wildman–Crippen MR) is 54.7 cm³/mol. The number of aliphatic carboxylic acids is 1. The molecule has 0 aliphatic heterocycles. The molecule has 4 heteroatoms. The minimum absolute atomic E-state index is 0.374. The molecule has 0 bridgehead atoms. The lowest BCUT2D eigenvalue weighted by Crippen LogP contribution is -2.30. The third kappa shape index (κ3) is 1.84. The third-order valence-electron chi connectivity index (χ3n) is 2.81. The molecule has 0 amide bonds. The summed E-state index contributed by atoms with van der Waals surface area (Å²) in [7, 11) is 0. The van der Waals surface area contributed by atoms with Crippen molar-refractivity contribution < 1.29 is 9.90 Å². The Kier molecular flexibility index (Phi) is 2.21. The lowest BCUT2D eigenvalue weighted by atomic mass is 9.92. The maximum absolute atomic E-state index is 11.0. The zero-order chi connectivity index (χ0) is 11.1. The van der Waals surface area contributed by atoms with E-state index in [9.17, 15) is 4.79 Å². The second kappa shape index (κ2) is 3.29. The number of aromatic nitrogens is 2. The van der Waals surface area contributed by atoms with Gasteiger partial charge in [0, 0.05) is 12.4 Å². The number of carboxylic acids is 1. The van der Waals surface area contributed by atoms with Gasteiger partial charge in [-0.05, 0) is 38.2 Å². The van der Waals surface area contributed by atoms with Crippen molar-refractivity contribution in [3.8, 4) is 0 Å². The van der Waals surface area contributed by atoms with E-state index in [4.69, 9.17) is 5.11 Å². The molecule has 1 aromatic rings. The minimum Gasteiger partial charge on any atom is -0.481 e. The third-order valence-corrected chi connectivity index (χ3v) is 2.81. The van der Waals surface area contributed by atoms with Gasteiger partial charge in [0.2, 0.25) is 0 Å². The van der Waals surface area contributed by atoms with Gasteiger partial charge in [0.1, 0.15) is 11.2 Å². The van der Waals surface area contributed by atoms with Gasteiger partial charge in [0.15, 0.2) is 0 Å². The molecule has 80 valence electrons. The molecule has 0 saturated heterocycles. The largest absolute Gasteiger partial charge is 0.481 e. The molecule has 0 unspecified atom stereocenters. The van der Waals surface area contributed by atoms with Crippen LogP contribution in [0.3, 0.4) is 0 Å². The van der Waals surface area contributed by atoms with Gasteiger partial charge < -0.3 is 5.11 Å². The number of carbonyl (C=O) groups is 1. The molecule has 0 aromatic carbocycles. The minimum atomic E-state index is -1.01. The first-order valence-electron chi connectivity index (χ1n) is 5.07. The first kappa shape index (κ1) is 10.1. The standard InChI is InChI=1S/C11H14N2O2/c1-11(2,10(14)15)9-12-5-8(6-13-9)7-3-4-7/h5-7H,3-4H2,1-2H3,(H,14,15). The lowest BCUT2D eigenvalue weighted by molar-refractivity contribution is -0.142. The van der Waals surface area contributed by atoms with Crippen molar-refractivity contribution >= 4 is 5.97 Å². The summed E-state index contributed by atoms with van der Waals surface area (Å²) in [4.78, 5) is 19.3. The maximum atomic E-state index is 11.0. The summed E-state index contributed by atoms with van der Waals surface area (Å²) < 4.78 is 0. The highest BCUT2D eigenvalue weighted by molar-refractivity contribution is 5.78. The van der Waals surface area contributed by atoms with Crippen molar-refractivity contribution in [1.29, 1.82) is 0 Å². The number of nitrogens with zero attached hydrogens (tertiary/aromatic N) is 2. The maximum Gasteiger partial charge on any atom is 0.316 e. The van der Waals surface area contributed by atoms with E-state index >= 15 is 0 Å². The highest BCUT2D eigenvalue weighted by Gasteiger charge is 2.33. The molecule has 0 spiro atoms. The summed E-state index contributed by atoms with van der Waals surface area (Å²) in [6.45, 7) is 3.23. The summed E-state index contributed by atoms with van der Waals surface area (Å²) in [5.74, 6) is 0.0769. The molecule has 1 aliphatic carbocycles. The highest BCUT2D eigenvalue weighted by Crippen LogP contribution is 2.39. The van der Waals surface area contributed by atoms with Crippen molar-refractivity contribution in [1.82, 2.24) is 9.97 Å². The van der Waals surface area contributed by atoms with E-state index in [1.165, 1.54) is 12.8 Å². The molecule has 1 fully saturated rings. The Bertz CT molecular complexity index is 380. The van der Waals surface area contributed by atoms with Crippen LogP contribution in [0, 0.1) is 0 Å².